The Morgan fingerprint density at radius 2 is 2.23 bits per heavy atom. The van der Waals surface area contributed by atoms with E-state index < -0.39 is 0 Å². The molecule has 1 rings (SSSR count). The molecule has 0 heterocycles. The molecule has 1 aromatic rings. The van der Waals surface area contributed by atoms with Crippen molar-refractivity contribution in [3.63, 3.8) is 0 Å². The molecule has 0 aliphatic rings. The summed E-state index contributed by atoms with van der Waals surface area (Å²) in [4.78, 5) is 11.1. The van der Waals surface area contributed by atoms with Gasteiger partial charge in [-0.15, -0.1) is 0 Å². The summed E-state index contributed by atoms with van der Waals surface area (Å²) in [6.07, 6.45) is 0.407. The van der Waals surface area contributed by atoms with E-state index >= 15 is 0 Å². The fourth-order valence-corrected chi connectivity index (χ4v) is 1.56. The molecule has 0 bridgehead atoms. The van der Waals surface area contributed by atoms with Gasteiger partial charge in [-0.3, -0.25) is 4.79 Å². The normalized spacial score (nSPS) is 10.1. The molecule has 0 N–H and O–H groups in total. The lowest BCUT2D eigenvalue weighted by Gasteiger charge is -2.02. The van der Waals surface area contributed by atoms with Gasteiger partial charge in [0.1, 0.15) is 5.78 Å². The third-order valence-corrected chi connectivity index (χ3v) is 2.72. The van der Waals surface area contributed by atoms with Crippen molar-refractivity contribution in [2.75, 3.05) is 5.33 Å². The molecule has 0 amide bonds. The second-order valence-electron chi connectivity index (χ2n) is 2.94. The van der Waals surface area contributed by atoms with Crippen LogP contribution in [-0.4, -0.2) is 11.1 Å². The van der Waals surface area contributed by atoms with Crippen LogP contribution < -0.4 is 0 Å². The highest BCUT2D eigenvalue weighted by molar-refractivity contribution is 9.09. The van der Waals surface area contributed by atoms with Crippen LogP contribution in [0, 0.1) is 6.92 Å². The van der Waals surface area contributed by atoms with Gasteiger partial charge < -0.3 is 0 Å². The number of carbonyl (C=O) groups is 1. The van der Waals surface area contributed by atoms with E-state index in [1.54, 1.807) is 0 Å². The van der Waals surface area contributed by atoms with Crippen LogP contribution in [-0.2, 0) is 11.2 Å². The van der Waals surface area contributed by atoms with E-state index in [1.165, 1.54) is 0 Å². The van der Waals surface area contributed by atoms with Crippen LogP contribution in [0.15, 0.2) is 18.2 Å². The fraction of sp³-hybridized carbons (Fsp3) is 0.300. The zero-order valence-corrected chi connectivity index (χ0v) is 9.65. The van der Waals surface area contributed by atoms with Crippen LogP contribution in [0.1, 0.15) is 11.1 Å². The molecular weight excluding hydrogens is 251 g/mol. The average molecular weight is 262 g/mol. The predicted molar refractivity (Wildman–Crippen MR) is 58.7 cm³/mol. The predicted octanol–water partition coefficient (Wildman–Crippen LogP) is 3.15. The number of alkyl halides is 1. The van der Waals surface area contributed by atoms with Crippen molar-refractivity contribution >= 4 is 33.3 Å². The highest BCUT2D eigenvalue weighted by Crippen LogP contribution is 2.18. The van der Waals surface area contributed by atoms with Gasteiger partial charge >= 0.3 is 0 Å². The van der Waals surface area contributed by atoms with Gasteiger partial charge in [0.15, 0.2) is 0 Å². The highest BCUT2D eigenvalue weighted by atomic mass is 79.9. The lowest BCUT2D eigenvalue weighted by molar-refractivity contribution is -0.115. The third-order valence-electron chi connectivity index (χ3n) is 1.75. The number of hydrogen-bond donors (Lipinski definition) is 0. The van der Waals surface area contributed by atoms with E-state index in [1.807, 2.05) is 25.1 Å². The monoisotopic (exact) mass is 260 g/mol. The maximum Gasteiger partial charge on any atom is 0.147 e. The Labute approximate surface area is 91.2 Å². The summed E-state index contributed by atoms with van der Waals surface area (Å²) in [5, 5.41) is 1.06. The van der Waals surface area contributed by atoms with Crippen molar-refractivity contribution in [2.24, 2.45) is 0 Å². The van der Waals surface area contributed by atoms with Crippen LogP contribution in [0.4, 0.5) is 0 Å². The van der Waals surface area contributed by atoms with Gasteiger partial charge in [-0.1, -0.05) is 39.7 Å². The number of halogens is 2. The molecule has 0 aromatic heterocycles. The molecule has 0 saturated heterocycles. The molecule has 0 unspecified atom stereocenters. The molecular formula is C10H10BrClO. The number of aryl methyl sites for hydroxylation is 1. The third kappa shape index (κ3) is 3.12. The van der Waals surface area contributed by atoms with Crippen molar-refractivity contribution in [1.82, 2.24) is 0 Å². The Balaban J connectivity index is 2.83. The first-order valence-electron chi connectivity index (χ1n) is 3.96. The minimum absolute atomic E-state index is 0.144. The Kier molecular flexibility index (Phi) is 3.94. The van der Waals surface area contributed by atoms with Crippen LogP contribution in [0.2, 0.25) is 5.02 Å². The Morgan fingerprint density at radius 1 is 1.54 bits per heavy atom. The molecule has 0 fully saturated rings. The largest absolute Gasteiger partial charge is 0.298 e. The van der Waals surface area contributed by atoms with E-state index in [-0.39, 0.29) is 5.78 Å². The zero-order chi connectivity index (χ0) is 9.84. The van der Waals surface area contributed by atoms with Gasteiger partial charge in [0.25, 0.3) is 0 Å². The zero-order valence-electron chi connectivity index (χ0n) is 7.31. The van der Waals surface area contributed by atoms with E-state index in [9.17, 15) is 4.79 Å². The van der Waals surface area contributed by atoms with E-state index in [0.717, 1.165) is 11.1 Å². The van der Waals surface area contributed by atoms with Crippen molar-refractivity contribution in [3.8, 4) is 0 Å². The Hall–Kier alpha value is -0.340. The molecule has 0 spiro atoms. The molecule has 0 aliphatic carbocycles. The molecule has 13 heavy (non-hydrogen) atoms. The maximum atomic E-state index is 11.1. The standard InChI is InChI=1S/C10H10BrClO/c1-7-2-3-8(10(12)4-7)5-9(13)6-11/h2-4H,5-6H2,1H3. The first-order valence-corrected chi connectivity index (χ1v) is 5.46. The molecule has 3 heteroatoms. The van der Waals surface area contributed by atoms with Crippen LogP contribution in [0.5, 0.6) is 0 Å². The lowest BCUT2D eigenvalue weighted by Crippen LogP contribution is -2.03. The van der Waals surface area contributed by atoms with Crippen LogP contribution >= 0.6 is 27.5 Å². The second kappa shape index (κ2) is 4.77. The minimum Gasteiger partial charge on any atom is -0.298 e. The van der Waals surface area contributed by atoms with Crippen molar-refractivity contribution < 1.29 is 4.79 Å². The molecule has 1 nitrogen and oxygen atoms in total. The molecule has 0 atom stereocenters. The topological polar surface area (TPSA) is 17.1 Å². The van der Waals surface area contributed by atoms with E-state index in [2.05, 4.69) is 15.9 Å². The van der Waals surface area contributed by atoms with Crippen molar-refractivity contribution in [2.45, 2.75) is 13.3 Å². The number of rotatable bonds is 3. The van der Waals surface area contributed by atoms with Gasteiger partial charge in [0, 0.05) is 11.4 Å². The number of Topliss-reactive ketones (excluding diaryl/α,β-unsaturated/α-hetero) is 1. The SMILES string of the molecule is Cc1ccc(CC(=O)CBr)c(Cl)c1. The summed E-state index contributed by atoms with van der Waals surface area (Å²) >= 11 is 9.08. The van der Waals surface area contributed by atoms with E-state index in [4.69, 9.17) is 11.6 Å². The summed E-state index contributed by atoms with van der Waals surface area (Å²) < 4.78 is 0. The van der Waals surface area contributed by atoms with Gasteiger partial charge in [-0.05, 0) is 24.1 Å². The quantitative estimate of drug-likeness (QED) is 0.764. The summed E-state index contributed by atoms with van der Waals surface area (Å²) in [5.41, 5.74) is 2.01. The van der Waals surface area contributed by atoms with Crippen molar-refractivity contribution in [1.29, 1.82) is 0 Å². The Morgan fingerprint density at radius 3 is 2.77 bits per heavy atom. The van der Waals surface area contributed by atoms with Gasteiger partial charge in [-0.2, -0.15) is 0 Å². The molecule has 0 radical (unpaired) electrons. The summed E-state index contributed by atoms with van der Waals surface area (Å²) in [6, 6.07) is 5.74. The number of hydrogen-bond acceptors (Lipinski definition) is 1. The first kappa shape index (κ1) is 10.7. The highest BCUT2D eigenvalue weighted by Gasteiger charge is 2.05. The van der Waals surface area contributed by atoms with Crippen LogP contribution in [0.25, 0.3) is 0 Å². The molecule has 1 aromatic carbocycles. The Bertz CT molecular complexity index is 323. The van der Waals surface area contributed by atoms with Gasteiger partial charge in [0.2, 0.25) is 0 Å². The summed E-state index contributed by atoms with van der Waals surface area (Å²) in [6.45, 7) is 1.97. The number of ketones is 1. The molecule has 0 aliphatic heterocycles. The smallest absolute Gasteiger partial charge is 0.147 e. The number of carbonyl (C=O) groups excluding carboxylic acids is 1. The van der Waals surface area contributed by atoms with E-state index in [0.29, 0.717) is 16.8 Å². The summed E-state index contributed by atoms with van der Waals surface area (Å²) in [7, 11) is 0. The lowest BCUT2D eigenvalue weighted by atomic mass is 10.1. The molecule has 0 saturated carbocycles. The summed E-state index contributed by atoms with van der Waals surface area (Å²) in [5.74, 6) is 0.144. The minimum atomic E-state index is 0.144. The number of benzene rings is 1. The first-order chi connectivity index (χ1) is 6.13. The van der Waals surface area contributed by atoms with Crippen molar-refractivity contribution in [3.05, 3.63) is 34.3 Å². The van der Waals surface area contributed by atoms with Gasteiger partial charge in [-0.25, -0.2) is 0 Å². The maximum absolute atomic E-state index is 11.1. The average Bonchev–Trinajstić information content (AvgIpc) is 2.09. The van der Waals surface area contributed by atoms with Gasteiger partial charge in [0.05, 0.1) is 5.33 Å². The fourth-order valence-electron chi connectivity index (χ4n) is 1.06. The molecule has 70 valence electrons. The van der Waals surface area contributed by atoms with Crippen LogP contribution in [0.3, 0.4) is 0 Å². The second-order valence-corrected chi connectivity index (χ2v) is 3.91.